The second-order valence-corrected chi connectivity index (χ2v) is 2.72. The summed E-state index contributed by atoms with van der Waals surface area (Å²) in [6.07, 6.45) is -4.50. The third-order valence-electron chi connectivity index (χ3n) is 1.50. The van der Waals surface area contributed by atoms with Crippen molar-refractivity contribution in [3.05, 3.63) is 0 Å². The molecule has 0 saturated carbocycles. The van der Waals surface area contributed by atoms with Gasteiger partial charge in [0.15, 0.2) is 5.92 Å². The van der Waals surface area contributed by atoms with Crippen LogP contribution in [0.25, 0.3) is 0 Å². The highest BCUT2D eigenvalue weighted by atomic mass is 19.4. The van der Waals surface area contributed by atoms with Crippen molar-refractivity contribution in [1.82, 2.24) is 5.32 Å². The van der Waals surface area contributed by atoms with Crippen molar-refractivity contribution in [1.29, 1.82) is 5.26 Å². The Bertz CT molecular complexity index is 187. The molecular weight excluding hydrogens is 185 g/mol. The lowest BCUT2D eigenvalue weighted by Gasteiger charge is -2.16. The van der Waals surface area contributed by atoms with E-state index in [0.717, 1.165) is 6.07 Å². The molecular formula is C7H11F3N2O. The Morgan fingerprint density at radius 1 is 1.54 bits per heavy atom. The zero-order valence-corrected chi connectivity index (χ0v) is 7.10. The van der Waals surface area contributed by atoms with Crippen LogP contribution in [0.15, 0.2) is 0 Å². The summed E-state index contributed by atoms with van der Waals surface area (Å²) < 4.78 is 35.8. The van der Waals surface area contributed by atoms with E-state index in [1.165, 1.54) is 6.92 Å². The minimum absolute atomic E-state index is 0.254. The predicted octanol–water partition coefficient (Wildman–Crippen LogP) is 0.659. The maximum Gasteiger partial charge on any atom is 0.405 e. The van der Waals surface area contributed by atoms with Gasteiger partial charge in [-0.3, -0.25) is 0 Å². The van der Waals surface area contributed by atoms with E-state index in [9.17, 15) is 13.2 Å². The lowest BCUT2D eigenvalue weighted by molar-refractivity contribution is -0.158. The van der Waals surface area contributed by atoms with Gasteiger partial charge >= 0.3 is 6.18 Å². The first-order valence-electron chi connectivity index (χ1n) is 3.72. The van der Waals surface area contributed by atoms with E-state index >= 15 is 0 Å². The fourth-order valence-corrected chi connectivity index (χ4v) is 0.618. The van der Waals surface area contributed by atoms with Crippen LogP contribution in [-0.2, 0) is 0 Å². The van der Waals surface area contributed by atoms with Gasteiger partial charge < -0.3 is 10.4 Å². The van der Waals surface area contributed by atoms with Crippen LogP contribution in [0.4, 0.5) is 13.2 Å². The largest absolute Gasteiger partial charge is 0.405 e. The van der Waals surface area contributed by atoms with Gasteiger partial charge in [-0.25, -0.2) is 0 Å². The Hall–Kier alpha value is -0.800. The van der Waals surface area contributed by atoms with Gasteiger partial charge in [0.2, 0.25) is 0 Å². The van der Waals surface area contributed by atoms with Crippen molar-refractivity contribution in [2.24, 2.45) is 5.92 Å². The van der Waals surface area contributed by atoms with Gasteiger partial charge in [0.25, 0.3) is 0 Å². The van der Waals surface area contributed by atoms with E-state index in [-0.39, 0.29) is 6.61 Å². The van der Waals surface area contributed by atoms with Crippen molar-refractivity contribution in [2.75, 3.05) is 13.2 Å². The number of halogens is 3. The monoisotopic (exact) mass is 196 g/mol. The molecule has 0 heterocycles. The number of aliphatic hydroxyl groups excluding tert-OH is 1. The lowest BCUT2D eigenvalue weighted by Crippen LogP contribution is -2.38. The topological polar surface area (TPSA) is 56.0 Å². The van der Waals surface area contributed by atoms with Crippen LogP contribution < -0.4 is 5.32 Å². The molecule has 0 aliphatic rings. The highest BCUT2D eigenvalue weighted by Crippen LogP contribution is 2.24. The van der Waals surface area contributed by atoms with Gasteiger partial charge in [-0.2, -0.15) is 18.4 Å². The standard InChI is InChI=1S/C7H11F3N2O/c1-5(4-13)12-3-6(2-11)7(8,9)10/h5-6,12-13H,3-4H2,1H3. The Labute approximate surface area is 74.2 Å². The van der Waals surface area contributed by atoms with Gasteiger partial charge in [0, 0.05) is 12.6 Å². The van der Waals surface area contributed by atoms with E-state index in [2.05, 4.69) is 5.32 Å². The Balaban J connectivity index is 3.96. The number of rotatable bonds is 4. The predicted molar refractivity (Wildman–Crippen MR) is 39.7 cm³/mol. The van der Waals surface area contributed by atoms with Crippen molar-refractivity contribution < 1.29 is 18.3 Å². The molecule has 0 aliphatic carbocycles. The first-order valence-corrected chi connectivity index (χ1v) is 3.72. The fourth-order valence-electron chi connectivity index (χ4n) is 0.618. The normalized spacial score (nSPS) is 16.3. The zero-order chi connectivity index (χ0) is 10.5. The number of aliphatic hydroxyl groups is 1. The Morgan fingerprint density at radius 3 is 2.38 bits per heavy atom. The summed E-state index contributed by atoms with van der Waals surface area (Å²) in [6, 6.07) is 0.720. The summed E-state index contributed by atoms with van der Waals surface area (Å²) in [6.45, 7) is 0.794. The molecule has 0 aromatic carbocycles. The van der Waals surface area contributed by atoms with Crippen LogP contribution in [0.1, 0.15) is 6.92 Å². The van der Waals surface area contributed by atoms with Crippen LogP contribution in [0, 0.1) is 17.2 Å². The highest BCUT2D eigenvalue weighted by Gasteiger charge is 2.39. The summed E-state index contributed by atoms with van der Waals surface area (Å²) in [5, 5.41) is 19.1. The molecule has 2 atom stereocenters. The second-order valence-electron chi connectivity index (χ2n) is 2.72. The summed E-state index contributed by atoms with van der Waals surface area (Å²) >= 11 is 0. The van der Waals surface area contributed by atoms with Crippen molar-refractivity contribution in [3.8, 4) is 6.07 Å². The minimum Gasteiger partial charge on any atom is -0.395 e. The molecule has 2 unspecified atom stereocenters. The number of hydrogen-bond acceptors (Lipinski definition) is 3. The fraction of sp³-hybridized carbons (Fsp3) is 0.857. The summed E-state index contributed by atoms with van der Waals surface area (Å²) in [5.74, 6) is -2.01. The average Bonchev–Trinajstić information content (AvgIpc) is 2.02. The molecule has 0 spiro atoms. The molecule has 0 aliphatic heterocycles. The van der Waals surface area contributed by atoms with Crippen LogP contribution in [-0.4, -0.2) is 30.5 Å². The first kappa shape index (κ1) is 12.2. The maximum atomic E-state index is 11.9. The third kappa shape index (κ3) is 4.70. The van der Waals surface area contributed by atoms with Crippen LogP contribution in [0.5, 0.6) is 0 Å². The van der Waals surface area contributed by atoms with Crippen LogP contribution in [0.2, 0.25) is 0 Å². The van der Waals surface area contributed by atoms with Crippen molar-refractivity contribution >= 4 is 0 Å². The molecule has 0 fully saturated rings. The van der Waals surface area contributed by atoms with Gasteiger partial charge in [-0.05, 0) is 6.92 Å². The lowest BCUT2D eigenvalue weighted by atomic mass is 10.1. The summed E-state index contributed by atoms with van der Waals surface area (Å²) in [7, 11) is 0. The molecule has 0 bridgehead atoms. The highest BCUT2D eigenvalue weighted by molar-refractivity contribution is 4.90. The number of nitrogens with zero attached hydrogens (tertiary/aromatic N) is 1. The molecule has 0 amide bonds. The molecule has 0 radical (unpaired) electrons. The molecule has 13 heavy (non-hydrogen) atoms. The van der Waals surface area contributed by atoms with E-state index in [1.807, 2.05) is 0 Å². The molecule has 6 heteroatoms. The molecule has 0 saturated heterocycles. The maximum absolute atomic E-state index is 11.9. The van der Waals surface area contributed by atoms with Crippen LogP contribution in [0.3, 0.4) is 0 Å². The molecule has 0 aromatic rings. The van der Waals surface area contributed by atoms with Gasteiger partial charge in [-0.15, -0.1) is 0 Å². The first-order chi connectivity index (χ1) is 5.91. The number of alkyl halides is 3. The van der Waals surface area contributed by atoms with Crippen molar-refractivity contribution in [2.45, 2.75) is 19.1 Å². The molecule has 76 valence electrons. The molecule has 0 aromatic heterocycles. The van der Waals surface area contributed by atoms with Gasteiger partial charge in [-0.1, -0.05) is 0 Å². The minimum atomic E-state index is -4.50. The number of nitrogens with one attached hydrogen (secondary N) is 1. The zero-order valence-electron chi connectivity index (χ0n) is 7.10. The van der Waals surface area contributed by atoms with Gasteiger partial charge in [0.1, 0.15) is 0 Å². The average molecular weight is 196 g/mol. The molecule has 0 rings (SSSR count). The second kappa shape index (κ2) is 5.04. The van der Waals surface area contributed by atoms with Crippen molar-refractivity contribution in [3.63, 3.8) is 0 Å². The summed E-state index contributed by atoms with van der Waals surface area (Å²) in [4.78, 5) is 0. The summed E-state index contributed by atoms with van der Waals surface area (Å²) in [5.41, 5.74) is 0. The third-order valence-corrected chi connectivity index (χ3v) is 1.50. The molecule has 2 N–H and O–H groups in total. The quantitative estimate of drug-likeness (QED) is 0.694. The number of hydrogen-bond donors (Lipinski definition) is 2. The Morgan fingerprint density at radius 2 is 2.08 bits per heavy atom. The van der Waals surface area contributed by atoms with E-state index < -0.39 is 24.7 Å². The van der Waals surface area contributed by atoms with E-state index in [4.69, 9.17) is 10.4 Å². The Kier molecular flexibility index (Phi) is 4.73. The van der Waals surface area contributed by atoms with Crippen LogP contribution >= 0.6 is 0 Å². The molecule has 3 nitrogen and oxygen atoms in total. The smallest absolute Gasteiger partial charge is 0.395 e. The SMILES string of the molecule is CC(CO)NCC(C#N)C(F)(F)F. The number of nitriles is 1. The van der Waals surface area contributed by atoms with E-state index in [0.29, 0.717) is 0 Å². The van der Waals surface area contributed by atoms with Gasteiger partial charge in [0.05, 0.1) is 12.7 Å². The van der Waals surface area contributed by atoms with E-state index in [1.54, 1.807) is 0 Å².